The highest BCUT2D eigenvalue weighted by Crippen LogP contribution is 2.20. The van der Waals surface area contributed by atoms with E-state index in [0.29, 0.717) is 19.6 Å². The van der Waals surface area contributed by atoms with Crippen molar-refractivity contribution >= 4 is 23.8 Å². The molecule has 1 aliphatic rings. The standard InChI is InChI=1S/C11H17N5O3S/c1-20-4-2-3-12-11(19)15-5-8(6-15)16-7-9(10(17)18)13-14-16/h7-8H,2-6H2,1H3,(H,12,19)(H,17,18). The molecular weight excluding hydrogens is 282 g/mol. The van der Waals surface area contributed by atoms with Gasteiger partial charge in [-0.25, -0.2) is 14.3 Å². The van der Waals surface area contributed by atoms with Gasteiger partial charge < -0.3 is 15.3 Å². The summed E-state index contributed by atoms with van der Waals surface area (Å²) in [6, 6.07) is -0.0755. The number of aromatic carboxylic acids is 1. The van der Waals surface area contributed by atoms with Crippen LogP contribution in [0.4, 0.5) is 4.79 Å². The van der Waals surface area contributed by atoms with Crippen LogP contribution in [0.3, 0.4) is 0 Å². The molecule has 1 aliphatic heterocycles. The molecule has 110 valence electrons. The van der Waals surface area contributed by atoms with Crippen molar-refractivity contribution in [1.29, 1.82) is 0 Å². The Morgan fingerprint density at radius 3 is 2.90 bits per heavy atom. The van der Waals surface area contributed by atoms with E-state index in [1.54, 1.807) is 16.7 Å². The number of likely N-dealkylation sites (tertiary alicyclic amines) is 1. The third-order valence-electron chi connectivity index (χ3n) is 3.05. The van der Waals surface area contributed by atoms with Crippen LogP contribution >= 0.6 is 11.8 Å². The monoisotopic (exact) mass is 299 g/mol. The molecular formula is C11H17N5O3S. The Morgan fingerprint density at radius 1 is 1.55 bits per heavy atom. The lowest BCUT2D eigenvalue weighted by atomic mass is 10.1. The Balaban J connectivity index is 1.73. The Morgan fingerprint density at radius 2 is 2.30 bits per heavy atom. The highest BCUT2D eigenvalue weighted by molar-refractivity contribution is 7.98. The molecule has 0 radical (unpaired) electrons. The van der Waals surface area contributed by atoms with E-state index < -0.39 is 5.97 Å². The van der Waals surface area contributed by atoms with Crippen LogP contribution < -0.4 is 5.32 Å². The normalized spacial score (nSPS) is 14.9. The molecule has 0 atom stereocenters. The average Bonchev–Trinajstić information content (AvgIpc) is 2.82. The summed E-state index contributed by atoms with van der Waals surface area (Å²) in [7, 11) is 0. The number of aromatic nitrogens is 3. The number of carboxylic acid groups (broad SMARTS) is 1. The second kappa shape index (κ2) is 6.60. The molecule has 1 aromatic rings. The number of hydrogen-bond donors (Lipinski definition) is 2. The van der Waals surface area contributed by atoms with Crippen LogP contribution in [0.2, 0.25) is 0 Å². The largest absolute Gasteiger partial charge is 0.476 e. The third-order valence-corrected chi connectivity index (χ3v) is 3.75. The van der Waals surface area contributed by atoms with Crippen LogP contribution in [-0.4, -0.2) is 68.6 Å². The third kappa shape index (κ3) is 3.41. The maximum absolute atomic E-state index is 11.7. The van der Waals surface area contributed by atoms with Crippen LogP contribution in [0.5, 0.6) is 0 Å². The highest BCUT2D eigenvalue weighted by atomic mass is 32.2. The fraction of sp³-hybridized carbons (Fsp3) is 0.636. The number of carboxylic acids is 1. The van der Waals surface area contributed by atoms with Crippen molar-refractivity contribution in [1.82, 2.24) is 25.2 Å². The van der Waals surface area contributed by atoms with Crippen molar-refractivity contribution in [2.45, 2.75) is 12.5 Å². The minimum atomic E-state index is -1.10. The van der Waals surface area contributed by atoms with Gasteiger partial charge in [0.2, 0.25) is 0 Å². The van der Waals surface area contributed by atoms with Crippen molar-refractivity contribution in [3.8, 4) is 0 Å². The van der Waals surface area contributed by atoms with E-state index in [9.17, 15) is 9.59 Å². The zero-order valence-electron chi connectivity index (χ0n) is 11.2. The van der Waals surface area contributed by atoms with Gasteiger partial charge in [0.25, 0.3) is 0 Å². The number of carbonyl (C=O) groups excluding carboxylic acids is 1. The number of nitrogens with zero attached hydrogens (tertiary/aromatic N) is 4. The summed E-state index contributed by atoms with van der Waals surface area (Å²) in [6.07, 6.45) is 4.38. The Labute approximate surface area is 120 Å². The zero-order valence-corrected chi connectivity index (χ0v) is 12.0. The van der Waals surface area contributed by atoms with Gasteiger partial charge in [0.1, 0.15) is 0 Å². The van der Waals surface area contributed by atoms with E-state index in [1.165, 1.54) is 10.9 Å². The molecule has 0 saturated carbocycles. The molecule has 1 fully saturated rings. The molecule has 0 aromatic carbocycles. The summed E-state index contributed by atoms with van der Waals surface area (Å²) >= 11 is 1.75. The molecule has 2 amide bonds. The molecule has 20 heavy (non-hydrogen) atoms. The maximum atomic E-state index is 11.7. The Bertz CT molecular complexity index is 486. The van der Waals surface area contributed by atoms with Gasteiger partial charge in [0.15, 0.2) is 5.69 Å². The number of urea groups is 1. The first kappa shape index (κ1) is 14.6. The lowest BCUT2D eigenvalue weighted by molar-refractivity contribution is 0.0690. The molecule has 2 N–H and O–H groups in total. The first-order valence-electron chi connectivity index (χ1n) is 6.28. The molecule has 0 aliphatic carbocycles. The van der Waals surface area contributed by atoms with E-state index in [-0.39, 0.29) is 17.8 Å². The molecule has 1 saturated heterocycles. The molecule has 9 heteroatoms. The molecule has 2 heterocycles. The minimum absolute atomic E-state index is 0.00699. The van der Waals surface area contributed by atoms with Crippen molar-refractivity contribution in [3.63, 3.8) is 0 Å². The molecule has 0 spiro atoms. The second-order valence-electron chi connectivity index (χ2n) is 4.53. The fourth-order valence-electron chi connectivity index (χ4n) is 1.87. The van der Waals surface area contributed by atoms with E-state index in [1.807, 2.05) is 6.26 Å². The molecule has 2 rings (SSSR count). The van der Waals surface area contributed by atoms with Gasteiger partial charge in [-0.2, -0.15) is 11.8 Å². The summed E-state index contributed by atoms with van der Waals surface area (Å²) in [4.78, 5) is 24.1. The number of carbonyl (C=O) groups is 2. The lowest BCUT2D eigenvalue weighted by Gasteiger charge is -2.38. The summed E-state index contributed by atoms with van der Waals surface area (Å²) in [5.74, 6) is -0.0706. The average molecular weight is 299 g/mol. The predicted octanol–water partition coefficient (Wildman–Crippen LogP) is 0.296. The molecule has 0 bridgehead atoms. The van der Waals surface area contributed by atoms with Gasteiger partial charge in [-0.05, 0) is 18.4 Å². The molecule has 8 nitrogen and oxygen atoms in total. The van der Waals surface area contributed by atoms with Gasteiger partial charge in [-0.3, -0.25) is 0 Å². The number of nitrogens with one attached hydrogen (secondary N) is 1. The summed E-state index contributed by atoms with van der Waals surface area (Å²) in [5.41, 5.74) is -0.0787. The van der Waals surface area contributed by atoms with Crippen molar-refractivity contribution < 1.29 is 14.7 Å². The highest BCUT2D eigenvalue weighted by Gasteiger charge is 2.32. The molecule has 1 aromatic heterocycles. The number of thioether (sulfide) groups is 1. The summed E-state index contributed by atoms with van der Waals surface area (Å²) in [5, 5.41) is 18.9. The van der Waals surface area contributed by atoms with Crippen molar-refractivity contribution in [2.75, 3.05) is 31.6 Å². The van der Waals surface area contributed by atoms with E-state index in [4.69, 9.17) is 5.11 Å². The fourth-order valence-corrected chi connectivity index (χ4v) is 2.30. The minimum Gasteiger partial charge on any atom is -0.476 e. The number of rotatable bonds is 6. The maximum Gasteiger partial charge on any atom is 0.358 e. The van der Waals surface area contributed by atoms with Gasteiger partial charge >= 0.3 is 12.0 Å². The van der Waals surface area contributed by atoms with Crippen LogP contribution in [0.15, 0.2) is 6.20 Å². The summed E-state index contributed by atoms with van der Waals surface area (Å²) < 4.78 is 1.50. The SMILES string of the molecule is CSCCCNC(=O)N1CC(n2cc(C(=O)O)nn2)C1. The number of amides is 2. The van der Waals surface area contributed by atoms with Crippen LogP contribution in [0, 0.1) is 0 Å². The zero-order chi connectivity index (χ0) is 14.5. The van der Waals surface area contributed by atoms with E-state index in [0.717, 1.165) is 12.2 Å². The Hall–Kier alpha value is -1.77. The van der Waals surface area contributed by atoms with Gasteiger partial charge in [-0.1, -0.05) is 5.21 Å². The predicted molar refractivity (Wildman–Crippen MR) is 74.0 cm³/mol. The number of hydrogen-bond acceptors (Lipinski definition) is 5. The van der Waals surface area contributed by atoms with E-state index >= 15 is 0 Å². The first-order chi connectivity index (χ1) is 9.61. The topological polar surface area (TPSA) is 100 Å². The van der Waals surface area contributed by atoms with Crippen LogP contribution in [-0.2, 0) is 0 Å². The molecule has 0 unspecified atom stereocenters. The van der Waals surface area contributed by atoms with E-state index in [2.05, 4.69) is 15.6 Å². The smallest absolute Gasteiger partial charge is 0.358 e. The van der Waals surface area contributed by atoms with Gasteiger partial charge in [0, 0.05) is 19.6 Å². The van der Waals surface area contributed by atoms with Crippen LogP contribution in [0.1, 0.15) is 23.0 Å². The van der Waals surface area contributed by atoms with Gasteiger partial charge in [-0.15, -0.1) is 5.10 Å². The lowest BCUT2D eigenvalue weighted by Crippen LogP contribution is -2.54. The first-order valence-corrected chi connectivity index (χ1v) is 7.68. The second-order valence-corrected chi connectivity index (χ2v) is 5.51. The quantitative estimate of drug-likeness (QED) is 0.733. The Kier molecular flexibility index (Phi) is 4.83. The van der Waals surface area contributed by atoms with Crippen molar-refractivity contribution in [3.05, 3.63) is 11.9 Å². The summed E-state index contributed by atoms with van der Waals surface area (Å²) in [6.45, 7) is 1.72. The van der Waals surface area contributed by atoms with Crippen LogP contribution in [0.25, 0.3) is 0 Å². The van der Waals surface area contributed by atoms with Gasteiger partial charge in [0.05, 0.1) is 12.2 Å². The van der Waals surface area contributed by atoms with Crippen molar-refractivity contribution in [2.24, 2.45) is 0 Å².